The van der Waals surface area contributed by atoms with Crippen LogP contribution in [0.2, 0.25) is 0 Å². The Labute approximate surface area is 76.5 Å². The third-order valence-corrected chi connectivity index (χ3v) is 3.08. The van der Waals surface area contributed by atoms with Crippen LogP contribution in [0.5, 0.6) is 0 Å². The highest BCUT2D eigenvalue weighted by Crippen LogP contribution is 2.22. The van der Waals surface area contributed by atoms with Crippen molar-refractivity contribution in [2.45, 2.75) is 25.8 Å². The van der Waals surface area contributed by atoms with Crippen LogP contribution < -0.4 is 0 Å². The van der Waals surface area contributed by atoms with E-state index in [4.69, 9.17) is 0 Å². The molecule has 0 bridgehead atoms. The average molecular weight is 170 g/mol. The molecule has 0 radical (unpaired) electrons. The van der Waals surface area contributed by atoms with Gasteiger partial charge >= 0.3 is 0 Å². The molecule has 2 atom stereocenters. The molecule has 1 fully saturated rings. The van der Waals surface area contributed by atoms with Gasteiger partial charge in [-0.15, -0.1) is 0 Å². The Morgan fingerprint density at radius 2 is 2.08 bits per heavy atom. The first kappa shape index (κ1) is 10.0. The van der Waals surface area contributed by atoms with E-state index in [-0.39, 0.29) is 0 Å². The van der Waals surface area contributed by atoms with Gasteiger partial charge in [-0.05, 0) is 40.0 Å². The van der Waals surface area contributed by atoms with Gasteiger partial charge in [-0.2, -0.15) is 0 Å². The maximum Gasteiger partial charge on any atom is 0.0142 e. The summed E-state index contributed by atoms with van der Waals surface area (Å²) in [4.78, 5) is 4.84. The van der Waals surface area contributed by atoms with E-state index in [0.29, 0.717) is 0 Å². The maximum absolute atomic E-state index is 2.45. The number of likely N-dealkylation sites (tertiary alicyclic amines) is 1. The van der Waals surface area contributed by atoms with E-state index in [2.05, 4.69) is 37.9 Å². The van der Waals surface area contributed by atoms with Gasteiger partial charge in [0.2, 0.25) is 0 Å². The van der Waals surface area contributed by atoms with Gasteiger partial charge in [0.1, 0.15) is 0 Å². The summed E-state index contributed by atoms with van der Waals surface area (Å²) in [5.41, 5.74) is 0. The minimum absolute atomic E-state index is 0.811. The summed E-state index contributed by atoms with van der Waals surface area (Å²) in [7, 11) is 6.64. The second kappa shape index (κ2) is 4.24. The molecule has 1 saturated heterocycles. The van der Waals surface area contributed by atoms with Gasteiger partial charge in [0.05, 0.1) is 0 Å². The summed E-state index contributed by atoms with van der Waals surface area (Å²) < 4.78 is 0. The number of rotatable bonds is 2. The molecule has 1 aliphatic heterocycles. The first-order valence-electron chi connectivity index (χ1n) is 5.00. The molecule has 2 heteroatoms. The van der Waals surface area contributed by atoms with Crippen LogP contribution in [0.3, 0.4) is 0 Å². The third-order valence-electron chi connectivity index (χ3n) is 3.08. The van der Waals surface area contributed by atoms with Crippen LogP contribution >= 0.6 is 0 Å². The fraction of sp³-hybridized carbons (Fsp3) is 1.00. The lowest BCUT2D eigenvalue weighted by atomic mass is 9.89. The largest absolute Gasteiger partial charge is 0.306 e. The van der Waals surface area contributed by atoms with Crippen LogP contribution in [0.4, 0.5) is 0 Å². The lowest BCUT2D eigenvalue weighted by Crippen LogP contribution is -2.47. The van der Waals surface area contributed by atoms with Crippen LogP contribution in [0.15, 0.2) is 0 Å². The quantitative estimate of drug-likeness (QED) is 0.616. The Balaban J connectivity index is 2.50. The van der Waals surface area contributed by atoms with E-state index in [9.17, 15) is 0 Å². The average Bonchev–Trinajstić information content (AvgIpc) is 2.03. The minimum Gasteiger partial charge on any atom is -0.306 e. The van der Waals surface area contributed by atoms with Gasteiger partial charge < -0.3 is 9.80 Å². The fourth-order valence-corrected chi connectivity index (χ4v) is 2.28. The molecule has 0 aromatic carbocycles. The zero-order valence-corrected chi connectivity index (χ0v) is 8.88. The van der Waals surface area contributed by atoms with Gasteiger partial charge in [0, 0.05) is 12.6 Å². The Kier molecular flexibility index (Phi) is 3.53. The molecule has 2 nitrogen and oxygen atoms in total. The summed E-state index contributed by atoms with van der Waals surface area (Å²) in [6, 6.07) is 0.811. The van der Waals surface area contributed by atoms with Crippen molar-refractivity contribution in [2.24, 2.45) is 5.92 Å². The minimum atomic E-state index is 0.811. The molecule has 1 rings (SSSR count). The van der Waals surface area contributed by atoms with Crippen LogP contribution in [-0.2, 0) is 0 Å². The standard InChI is InChI=1S/C10H22N2/c1-5-9-8-12(4)7-6-10(9)11(2)3/h9-10H,5-8H2,1-4H3. The lowest BCUT2D eigenvalue weighted by molar-refractivity contribution is 0.0985. The van der Waals surface area contributed by atoms with Crippen LogP contribution in [0.25, 0.3) is 0 Å². The Morgan fingerprint density at radius 3 is 2.58 bits per heavy atom. The van der Waals surface area contributed by atoms with E-state index >= 15 is 0 Å². The number of piperidine rings is 1. The van der Waals surface area contributed by atoms with E-state index in [0.717, 1.165) is 12.0 Å². The zero-order valence-electron chi connectivity index (χ0n) is 8.88. The summed E-state index contributed by atoms with van der Waals surface area (Å²) in [6.45, 7) is 4.85. The highest BCUT2D eigenvalue weighted by atomic mass is 15.2. The first-order chi connectivity index (χ1) is 5.65. The number of hydrogen-bond acceptors (Lipinski definition) is 2. The molecule has 0 aromatic rings. The summed E-state index contributed by atoms with van der Waals surface area (Å²) in [6.07, 6.45) is 2.65. The van der Waals surface area contributed by atoms with Crippen molar-refractivity contribution >= 4 is 0 Å². The smallest absolute Gasteiger partial charge is 0.0142 e. The van der Waals surface area contributed by atoms with Gasteiger partial charge in [0.25, 0.3) is 0 Å². The molecular formula is C10H22N2. The Morgan fingerprint density at radius 1 is 1.42 bits per heavy atom. The fourth-order valence-electron chi connectivity index (χ4n) is 2.28. The molecule has 0 amide bonds. The molecular weight excluding hydrogens is 148 g/mol. The SMILES string of the molecule is CCC1CN(C)CCC1N(C)C. The molecule has 0 spiro atoms. The predicted octanol–water partition coefficient (Wildman–Crippen LogP) is 1.28. The summed E-state index contributed by atoms with van der Waals surface area (Å²) >= 11 is 0. The molecule has 72 valence electrons. The molecule has 0 aliphatic carbocycles. The van der Waals surface area contributed by atoms with Crippen molar-refractivity contribution in [3.05, 3.63) is 0 Å². The van der Waals surface area contributed by atoms with Crippen LogP contribution in [0.1, 0.15) is 19.8 Å². The predicted molar refractivity (Wildman–Crippen MR) is 53.4 cm³/mol. The van der Waals surface area contributed by atoms with Crippen molar-refractivity contribution in [1.29, 1.82) is 0 Å². The van der Waals surface area contributed by atoms with Crippen molar-refractivity contribution in [2.75, 3.05) is 34.2 Å². The molecule has 1 heterocycles. The molecule has 12 heavy (non-hydrogen) atoms. The highest BCUT2D eigenvalue weighted by molar-refractivity contribution is 4.82. The van der Waals surface area contributed by atoms with Crippen molar-refractivity contribution in [3.8, 4) is 0 Å². The van der Waals surface area contributed by atoms with Crippen molar-refractivity contribution in [1.82, 2.24) is 9.80 Å². The van der Waals surface area contributed by atoms with E-state index in [1.165, 1.54) is 25.9 Å². The Hall–Kier alpha value is -0.0800. The van der Waals surface area contributed by atoms with E-state index in [1.54, 1.807) is 0 Å². The highest BCUT2D eigenvalue weighted by Gasteiger charge is 2.27. The van der Waals surface area contributed by atoms with Gasteiger partial charge in [0.15, 0.2) is 0 Å². The number of hydrogen-bond donors (Lipinski definition) is 0. The van der Waals surface area contributed by atoms with Gasteiger partial charge in [-0.1, -0.05) is 13.3 Å². The van der Waals surface area contributed by atoms with Crippen molar-refractivity contribution in [3.63, 3.8) is 0 Å². The van der Waals surface area contributed by atoms with Crippen LogP contribution in [0, 0.1) is 5.92 Å². The first-order valence-corrected chi connectivity index (χ1v) is 5.00. The molecule has 0 N–H and O–H groups in total. The summed E-state index contributed by atoms with van der Waals surface area (Å²) in [5.74, 6) is 0.874. The zero-order chi connectivity index (χ0) is 9.14. The van der Waals surface area contributed by atoms with Crippen LogP contribution in [-0.4, -0.2) is 50.1 Å². The van der Waals surface area contributed by atoms with E-state index < -0.39 is 0 Å². The third kappa shape index (κ3) is 2.20. The van der Waals surface area contributed by atoms with Gasteiger partial charge in [-0.25, -0.2) is 0 Å². The molecule has 0 aromatic heterocycles. The molecule has 0 saturated carbocycles. The number of nitrogens with zero attached hydrogens (tertiary/aromatic N) is 2. The van der Waals surface area contributed by atoms with Crippen molar-refractivity contribution < 1.29 is 0 Å². The second-order valence-corrected chi connectivity index (χ2v) is 4.25. The molecule has 1 aliphatic rings. The normalized spacial score (nSPS) is 32.8. The summed E-state index contributed by atoms with van der Waals surface area (Å²) in [5, 5.41) is 0. The second-order valence-electron chi connectivity index (χ2n) is 4.25. The van der Waals surface area contributed by atoms with E-state index in [1.807, 2.05) is 0 Å². The Bertz CT molecular complexity index is 134. The lowest BCUT2D eigenvalue weighted by Gasteiger charge is -2.39. The topological polar surface area (TPSA) is 6.48 Å². The maximum atomic E-state index is 2.45. The monoisotopic (exact) mass is 170 g/mol. The van der Waals surface area contributed by atoms with Gasteiger partial charge in [-0.3, -0.25) is 0 Å². The molecule has 2 unspecified atom stereocenters.